The second-order valence-electron chi connectivity index (χ2n) is 9.88. The zero-order valence-electron chi connectivity index (χ0n) is 20.6. The third kappa shape index (κ3) is 3.28. The van der Waals surface area contributed by atoms with E-state index in [4.69, 9.17) is 4.42 Å². The second-order valence-corrected chi connectivity index (χ2v) is 9.88. The number of fused-ring (bicyclic) bond motifs is 7. The van der Waals surface area contributed by atoms with Crippen LogP contribution in [0.5, 0.6) is 0 Å². The van der Waals surface area contributed by atoms with Gasteiger partial charge in [0, 0.05) is 22.0 Å². The molecule has 7 aromatic carbocycles. The number of nitrogens with one attached hydrogen (secondary N) is 1. The van der Waals surface area contributed by atoms with Crippen LogP contribution in [0.3, 0.4) is 0 Å². The Morgan fingerprint density at radius 2 is 1.05 bits per heavy atom. The van der Waals surface area contributed by atoms with Crippen molar-refractivity contribution in [3.05, 3.63) is 133 Å². The Balaban J connectivity index is 1.39. The van der Waals surface area contributed by atoms with Crippen LogP contribution >= 0.6 is 0 Å². The molecule has 2 heteroatoms. The summed E-state index contributed by atoms with van der Waals surface area (Å²) >= 11 is 0. The van der Waals surface area contributed by atoms with Gasteiger partial charge in [-0.3, -0.25) is 0 Å². The summed E-state index contributed by atoms with van der Waals surface area (Å²) in [6.07, 6.45) is 0. The maximum Gasteiger partial charge on any atom is 0.159 e. The maximum atomic E-state index is 6.49. The summed E-state index contributed by atoms with van der Waals surface area (Å²) in [4.78, 5) is 0. The first-order valence-corrected chi connectivity index (χ1v) is 12.9. The van der Waals surface area contributed by atoms with Gasteiger partial charge >= 0.3 is 0 Å². The molecule has 1 heterocycles. The van der Waals surface area contributed by atoms with E-state index in [2.05, 4.69) is 127 Å². The molecule has 0 radical (unpaired) electrons. The largest absolute Gasteiger partial charge is 0.454 e. The lowest BCUT2D eigenvalue weighted by molar-refractivity contribution is 0.670. The SMILES string of the molecule is c1ccc2cc(-c3cc4ccccc4cc3Nc3cc4ccccc4c4c3oc3ccccc34)ccc2c1. The fourth-order valence-electron chi connectivity index (χ4n) is 5.75. The van der Waals surface area contributed by atoms with Gasteiger partial charge < -0.3 is 9.73 Å². The van der Waals surface area contributed by atoms with E-state index in [0.29, 0.717) is 0 Å². The van der Waals surface area contributed by atoms with Crippen molar-refractivity contribution in [2.45, 2.75) is 0 Å². The summed E-state index contributed by atoms with van der Waals surface area (Å²) in [6, 6.07) is 47.3. The van der Waals surface area contributed by atoms with Gasteiger partial charge in [-0.2, -0.15) is 0 Å². The van der Waals surface area contributed by atoms with E-state index < -0.39 is 0 Å². The van der Waals surface area contributed by atoms with Crippen LogP contribution < -0.4 is 5.32 Å². The Bertz CT molecular complexity index is 2170. The molecule has 8 rings (SSSR count). The van der Waals surface area contributed by atoms with Gasteiger partial charge in [-0.15, -0.1) is 0 Å². The van der Waals surface area contributed by atoms with Crippen molar-refractivity contribution in [1.29, 1.82) is 0 Å². The molecule has 0 aliphatic rings. The predicted octanol–water partition coefficient (Wildman–Crippen LogP) is 10.5. The van der Waals surface area contributed by atoms with Crippen LogP contribution in [-0.2, 0) is 0 Å². The minimum Gasteiger partial charge on any atom is -0.454 e. The zero-order chi connectivity index (χ0) is 25.1. The first-order valence-electron chi connectivity index (χ1n) is 12.9. The molecule has 0 amide bonds. The maximum absolute atomic E-state index is 6.49. The van der Waals surface area contributed by atoms with Gasteiger partial charge in [0.25, 0.3) is 0 Å². The average molecular weight is 486 g/mol. The van der Waals surface area contributed by atoms with E-state index in [1.165, 1.54) is 37.9 Å². The highest BCUT2D eigenvalue weighted by atomic mass is 16.3. The van der Waals surface area contributed by atoms with Crippen molar-refractivity contribution in [3.63, 3.8) is 0 Å². The van der Waals surface area contributed by atoms with Crippen LogP contribution in [0.15, 0.2) is 138 Å². The number of benzene rings is 7. The fourth-order valence-corrected chi connectivity index (χ4v) is 5.75. The van der Waals surface area contributed by atoms with Crippen LogP contribution in [0.4, 0.5) is 11.4 Å². The van der Waals surface area contributed by atoms with E-state index in [1.807, 2.05) is 12.1 Å². The van der Waals surface area contributed by atoms with Gasteiger partial charge in [-0.05, 0) is 68.2 Å². The molecular formula is C36H23NO. The molecule has 38 heavy (non-hydrogen) atoms. The molecule has 1 aromatic heterocycles. The topological polar surface area (TPSA) is 25.2 Å². The highest BCUT2D eigenvalue weighted by Crippen LogP contribution is 2.42. The highest BCUT2D eigenvalue weighted by molar-refractivity contribution is 6.22. The molecule has 2 nitrogen and oxygen atoms in total. The van der Waals surface area contributed by atoms with Crippen LogP contribution in [0.1, 0.15) is 0 Å². The Kier molecular flexibility index (Phi) is 4.55. The summed E-state index contributed by atoms with van der Waals surface area (Å²) in [5.74, 6) is 0. The molecule has 8 aromatic rings. The lowest BCUT2D eigenvalue weighted by Gasteiger charge is -2.16. The Labute approximate surface area is 219 Å². The Hall–Kier alpha value is -5.08. The minimum atomic E-state index is 0.877. The van der Waals surface area contributed by atoms with Crippen molar-refractivity contribution >= 4 is 65.6 Å². The molecule has 0 saturated carbocycles. The normalized spacial score (nSPS) is 11.7. The van der Waals surface area contributed by atoms with E-state index in [9.17, 15) is 0 Å². The van der Waals surface area contributed by atoms with Crippen LogP contribution in [0, 0.1) is 0 Å². The summed E-state index contributed by atoms with van der Waals surface area (Å²) < 4.78 is 6.49. The second kappa shape index (κ2) is 8.22. The zero-order valence-corrected chi connectivity index (χ0v) is 20.6. The summed E-state index contributed by atoms with van der Waals surface area (Å²) in [5, 5.41) is 13.4. The molecule has 0 fully saturated rings. The third-order valence-electron chi connectivity index (χ3n) is 7.59. The molecule has 0 atom stereocenters. The fraction of sp³-hybridized carbons (Fsp3) is 0. The molecule has 0 spiro atoms. The highest BCUT2D eigenvalue weighted by Gasteiger charge is 2.17. The van der Waals surface area contributed by atoms with E-state index >= 15 is 0 Å². The van der Waals surface area contributed by atoms with Gasteiger partial charge in [0.15, 0.2) is 5.58 Å². The number of hydrogen-bond donors (Lipinski definition) is 1. The first-order chi connectivity index (χ1) is 18.8. The quantitative estimate of drug-likeness (QED) is 0.269. The minimum absolute atomic E-state index is 0.877. The summed E-state index contributed by atoms with van der Waals surface area (Å²) in [5.41, 5.74) is 6.13. The smallest absolute Gasteiger partial charge is 0.159 e. The number of rotatable bonds is 3. The van der Waals surface area contributed by atoms with Crippen LogP contribution in [0.2, 0.25) is 0 Å². The molecular weight excluding hydrogens is 462 g/mol. The van der Waals surface area contributed by atoms with Crippen molar-refractivity contribution in [3.8, 4) is 11.1 Å². The number of hydrogen-bond acceptors (Lipinski definition) is 2. The number of anilines is 2. The Morgan fingerprint density at radius 3 is 1.87 bits per heavy atom. The summed E-state index contributed by atoms with van der Waals surface area (Å²) in [7, 11) is 0. The molecule has 1 N–H and O–H groups in total. The standard InChI is InChI=1S/C36H23NO/c1-2-10-24-19-28(18-17-23(24)9-1)31-20-25-11-3-4-12-26(25)21-32(31)37-33-22-27-13-5-6-14-29(27)35-30-15-7-8-16-34(30)38-36(33)35/h1-22,37H. The van der Waals surface area contributed by atoms with Gasteiger partial charge in [-0.25, -0.2) is 0 Å². The van der Waals surface area contributed by atoms with Crippen molar-refractivity contribution in [1.82, 2.24) is 0 Å². The Morgan fingerprint density at radius 1 is 0.447 bits per heavy atom. The monoisotopic (exact) mass is 485 g/mol. The van der Waals surface area contributed by atoms with Gasteiger partial charge in [0.05, 0.1) is 5.69 Å². The number of para-hydroxylation sites is 1. The molecule has 0 aliphatic carbocycles. The predicted molar refractivity (Wildman–Crippen MR) is 161 cm³/mol. The van der Waals surface area contributed by atoms with E-state index in [1.54, 1.807) is 0 Å². The lowest BCUT2D eigenvalue weighted by atomic mass is 9.96. The molecule has 0 saturated heterocycles. The molecule has 0 aliphatic heterocycles. The molecule has 0 bridgehead atoms. The van der Waals surface area contributed by atoms with Gasteiger partial charge in [-0.1, -0.05) is 103 Å². The van der Waals surface area contributed by atoms with Gasteiger partial charge in [0.2, 0.25) is 0 Å². The molecule has 0 unspecified atom stereocenters. The van der Waals surface area contributed by atoms with Gasteiger partial charge in [0.1, 0.15) is 5.58 Å². The number of furan rings is 1. The van der Waals surface area contributed by atoms with Crippen molar-refractivity contribution in [2.75, 3.05) is 5.32 Å². The average Bonchev–Trinajstić information content (AvgIpc) is 3.37. The van der Waals surface area contributed by atoms with Crippen molar-refractivity contribution < 1.29 is 4.42 Å². The summed E-state index contributed by atoms with van der Waals surface area (Å²) in [6.45, 7) is 0. The van der Waals surface area contributed by atoms with E-state index in [-0.39, 0.29) is 0 Å². The van der Waals surface area contributed by atoms with E-state index in [0.717, 1.165) is 38.9 Å². The van der Waals surface area contributed by atoms with Crippen LogP contribution in [-0.4, -0.2) is 0 Å². The third-order valence-corrected chi connectivity index (χ3v) is 7.59. The first kappa shape index (κ1) is 21.0. The molecule has 178 valence electrons. The van der Waals surface area contributed by atoms with Crippen molar-refractivity contribution in [2.24, 2.45) is 0 Å². The van der Waals surface area contributed by atoms with Crippen LogP contribution in [0.25, 0.3) is 65.4 Å². The lowest BCUT2D eigenvalue weighted by Crippen LogP contribution is -1.95.